The Kier molecular flexibility index (Phi) is 7.63. The lowest BCUT2D eigenvalue weighted by atomic mass is 9.75. The van der Waals surface area contributed by atoms with Crippen molar-refractivity contribution < 1.29 is 23.8 Å². The van der Waals surface area contributed by atoms with E-state index in [1.54, 1.807) is 39.0 Å². The monoisotopic (exact) mass is 427 g/mol. The van der Waals surface area contributed by atoms with Gasteiger partial charge in [-0.3, -0.25) is 9.79 Å². The van der Waals surface area contributed by atoms with Gasteiger partial charge in [-0.1, -0.05) is 35.3 Å². The molecule has 6 nitrogen and oxygen atoms in total. The second kappa shape index (κ2) is 9.54. The SMILES string of the molecule is COCC(C)OC(=O)C1=C(C)N=C(C)C(C(=O)OC)C1c1cccc(Cl)c1Cl. The van der Waals surface area contributed by atoms with Crippen LogP contribution in [-0.2, 0) is 23.8 Å². The van der Waals surface area contributed by atoms with Crippen molar-refractivity contribution >= 4 is 40.9 Å². The smallest absolute Gasteiger partial charge is 0.336 e. The third-order valence-electron chi connectivity index (χ3n) is 4.53. The molecule has 1 aromatic rings. The highest BCUT2D eigenvalue weighted by molar-refractivity contribution is 6.42. The van der Waals surface area contributed by atoms with Crippen molar-refractivity contribution in [2.75, 3.05) is 20.8 Å². The van der Waals surface area contributed by atoms with E-state index in [0.29, 0.717) is 22.0 Å². The normalized spacial score (nSPS) is 20.5. The summed E-state index contributed by atoms with van der Waals surface area (Å²) in [5.74, 6) is -2.68. The fourth-order valence-corrected chi connectivity index (χ4v) is 3.77. The van der Waals surface area contributed by atoms with Gasteiger partial charge in [0.05, 0.1) is 29.3 Å². The summed E-state index contributed by atoms with van der Waals surface area (Å²) in [4.78, 5) is 30.0. The summed E-state index contributed by atoms with van der Waals surface area (Å²) in [5, 5.41) is 0.585. The molecule has 0 saturated heterocycles. The zero-order valence-corrected chi connectivity index (χ0v) is 17.9. The highest BCUT2D eigenvalue weighted by Gasteiger charge is 2.43. The Morgan fingerprint density at radius 3 is 2.50 bits per heavy atom. The van der Waals surface area contributed by atoms with Crippen LogP contribution in [0.3, 0.4) is 0 Å². The number of aliphatic imine (C=N–C) groups is 1. The van der Waals surface area contributed by atoms with Crippen LogP contribution in [0.5, 0.6) is 0 Å². The molecule has 0 radical (unpaired) electrons. The average molecular weight is 428 g/mol. The molecule has 1 aliphatic heterocycles. The Balaban J connectivity index is 2.63. The summed E-state index contributed by atoms with van der Waals surface area (Å²) in [7, 11) is 2.81. The number of methoxy groups -OCH3 is 2. The molecule has 0 N–H and O–H groups in total. The van der Waals surface area contributed by atoms with Gasteiger partial charge in [0.25, 0.3) is 0 Å². The maximum atomic E-state index is 13.0. The van der Waals surface area contributed by atoms with E-state index in [9.17, 15) is 9.59 Å². The molecule has 0 aromatic heterocycles. The van der Waals surface area contributed by atoms with Crippen molar-refractivity contribution in [1.82, 2.24) is 0 Å². The molecule has 3 atom stereocenters. The Morgan fingerprint density at radius 1 is 1.21 bits per heavy atom. The van der Waals surface area contributed by atoms with E-state index in [2.05, 4.69) is 4.99 Å². The number of rotatable bonds is 6. The molecule has 1 aliphatic rings. The second-order valence-electron chi connectivity index (χ2n) is 6.55. The molecule has 8 heteroatoms. The molecule has 0 amide bonds. The predicted octanol–water partition coefficient (Wildman–Crippen LogP) is 4.19. The first-order chi connectivity index (χ1) is 13.2. The summed E-state index contributed by atoms with van der Waals surface area (Å²) in [6, 6.07) is 5.08. The van der Waals surface area contributed by atoms with Gasteiger partial charge in [0.15, 0.2) is 0 Å². The van der Waals surface area contributed by atoms with E-state index >= 15 is 0 Å². The van der Waals surface area contributed by atoms with Crippen molar-refractivity contribution in [2.45, 2.75) is 32.8 Å². The summed E-state index contributed by atoms with van der Waals surface area (Å²) in [5.41, 5.74) is 1.75. The number of esters is 2. The molecule has 2 rings (SSSR count). The van der Waals surface area contributed by atoms with Crippen molar-refractivity contribution in [3.63, 3.8) is 0 Å². The van der Waals surface area contributed by atoms with Crippen LogP contribution in [0, 0.1) is 5.92 Å². The van der Waals surface area contributed by atoms with Crippen LogP contribution in [0.2, 0.25) is 10.0 Å². The topological polar surface area (TPSA) is 74.2 Å². The second-order valence-corrected chi connectivity index (χ2v) is 7.33. The van der Waals surface area contributed by atoms with E-state index in [1.165, 1.54) is 14.2 Å². The largest absolute Gasteiger partial charge is 0.468 e. The van der Waals surface area contributed by atoms with Crippen molar-refractivity contribution in [3.05, 3.63) is 45.1 Å². The van der Waals surface area contributed by atoms with Crippen LogP contribution in [0.15, 0.2) is 34.5 Å². The molecule has 28 heavy (non-hydrogen) atoms. The fourth-order valence-electron chi connectivity index (χ4n) is 3.35. The Bertz CT molecular complexity index is 834. The van der Waals surface area contributed by atoms with Gasteiger partial charge in [-0.05, 0) is 32.4 Å². The molecule has 0 bridgehead atoms. The Morgan fingerprint density at radius 2 is 1.89 bits per heavy atom. The zero-order valence-electron chi connectivity index (χ0n) is 16.4. The van der Waals surface area contributed by atoms with Gasteiger partial charge in [-0.25, -0.2) is 4.79 Å². The van der Waals surface area contributed by atoms with Gasteiger partial charge in [0.1, 0.15) is 12.0 Å². The molecule has 0 spiro atoms. The quantitative estimate of drug-likeness (QED) is 0.636. The number of allylic oxidation sites excluding steroid dienone is 1. The number of carbonyl (C=O) groups excluding carboxylic acids is 2. The molecule has 0 saturated carbocycles. The van der Waals surface area contributed by atoms with Crippen LogP contribution in [0.25, 0.3) is 0 Å². The van der Waals surface area contributed by atoms with Gasteiger partial charge < -0.3 is 14.2 Å². The molecule has 0 aliphatic carbocycles. The van der Waals surface area contributed by atoms with Crippen LogP contribution in [0.1, 0.15) is 32.3 Å². The number of hydrogen-bond donors (Lipinski definition) is 0. The number of carbonyl (C=O) groups is 2. The van der Waals surface area contributed by atoms with Crippen molar-refractivity contribution in [3.8, 4) is 0 Å². The number of benzene rings is 1. The van der Waals surface area contributed by atoms with Crippen molar-refractivity contribution in [2.24, 2.45) is 10.9 Å². The van der Waals surface area contributed by atoms with E-state index < -0.39 is 29.9 Å². The maximum absolute atomic E-state index is 13.0. The molecule has 152 valence electrons. The highest BCUT2D eigenvalue weighted by Crippen LogP contribution is 2.44. The lowest BCUT2D eigenvalue weighted by Crippen LogP contribution is -2.37. The van der Waals surface area contributed by atoms with E-state index in [-0.39, 0.29) is 17.2 Å². The van der Waals surface area contributed by atoms with Gasteiger partial charge >= 0.3 is 11.9 Å². The van der Waals surface area contributed by atoms with Crippen molar-refractivity contribution in [1.29, 1.82) is 0 Å². The predicted molar refractivity (Wildman–Crippen MR) is 108 cm³/mol. The average Bonchev–Trinajstić information content (AvgIpc) is 2.62. The van der Waals surface area contributed by atoms with E-state index in [0.717, 1.165) is 0 Å². The molecular weight excluding hydrogens is 405 g/mol. The molecule has 1 heterocycles. The van der Waals surface area contributed by atoms with Crippen LogP contribution in [0.4, 0.5) is 0 Å². The standard InChI is InChI=1S/C20H23Cl2NO5/c1-10(9-26-4)28-20(25)16-12(3)23-11(2)15(19(24)27-5)17(16)13-7-6-8-14(21)18(13)22/h6-8,10,15,17H,9H2,1-5H3. The molecular formula is C20H23Cl2NO5. The lowest BCUT2D eigenvalue weighted by Gasteiger charge is -2.32. The fraction of sp³-hybridized carbons (Fsp3) is 0.450. The van der Waals surface area contributed by atoms with Gasteiger partial charge in [-0.2, -0.15) is 0 Å². The van der Waals surface area contributed by atoms with Gasteiger partial charge in [0, 0.05) is 24.4 Å². The maximum Gasteiger partial charge on any atom is 0.336 e. The molecule has 1 aromatic carbocycles. The summed E-state index contributed by atoms with van der Waals surface area (Å²) < 4.78 is 15.5. The molecule has 3 unspecified atom stereocenters. The zero-order chi connectivity index (χ0) is 21.0. The minimum Gasteiger partial charge on any atom is -0.468 e. The Hall–Kier alpha value is -1.89. The highest BCUT2D eigenvalue weighted by atomic mass is 35.5. The summed E-state index contributed by atoms with van der Waals surface area (Å²) in [6.07, 6.45) is -0.475. The van der Waals surface area contributed by atoms with E-state index in [1.807, 2.05) is 0 Å². The minimum atomic E-state index is -0.829. The van der Waals surface area contributed by atoms with Crippen LogP contribution >= 0.6 is 23.2 Å². The van der Waals surface area contributed by atoms with Gasteiger partial charge in [0.2, 0.25) is 0 Å². The number of ether oxygens (including phenoxy) is 3. The van der Waals surface area contributed by atoms with E-state index in [4.69, 9.17) is 37.4 Å². The lowest BCUT2D eigenvalue weighted by molar-refractivity contribution is -0.147. The van der Waals surface area contributed by atoms with Crippen LogP contribution < -0.4 is 0 Å². The Labute approximate surface area is 174 Å². The molecule has 0 fully saturated rings. The number of halogens is 2. The summed E-state index contributed by atoms with van der Waals surface area (Å²) >= 11 is 12.6. The third kappa shape index (κ3) is 4.57. The third-order valence-corrected chi connectivity index (χ3v) is 5.36. The van der Waals surface area contributed by atoms with Crippen LogP contribution in [-0.4, -0.2) is 44.6 Å². The first kappa shape index (κ1) is 22.4. The minimum absolute atomic E-state index is 0.239. The first-order valence-corrected chi connectivity index (χ1v) is 9.46. The number of hydrogen-bond acceptors (Lipinski definition) is 6. The number of nitrogens with zero attached hydrogens (tertiary/aromatic N) is 1. The summed E-state index contributed by atoms with van der Waals surface area (Å²) in [6.45, 7) is 5.36. The first-order valence-electron chi connectivity index (χ1n) is 8.70. The van der Waals surface area contributed by atoms with Gasteiger partial charge in [-0.15, -0.1) is 0 Å².